The summed E-state index contributed by atoms with van der Waals surface area (Å²) in [7, 11) is 3.66. The summed E-state index contributed by atoms with van der Waals surface area (Å²) in [5.41, 5.74) is 3.38. The molecule has 1 aromatic heterocycles. The Morgan fingerprint density at radius 3 is 2.42 bits per heavy atom. The van der Waals surface area contributed by atoms with E-state index in [4.69, 9.17) is 11.6 Å². The minimum absolute atomic E-state index is 0.0589. The Balaban J connectivity index is 1.32. The van der Waals surface area contributed by atoms with Crippen LogP contribution >= 0.6 is 11.6 Å². The molecular formula is C31H29ClN4O2. The fourth-order valence-corrected chi connectivity index (χ4v) is 4.92. The van der Waals surface area contributed by atoms with Crippen molar-refractivity contribution < 1.29 is 9.59 Å². The monoisotopic (exact) mass is 524 g/mol. The van der Waals surface area contributed by atoms with Crippen LogP contribution in [0.4, 0.5) is 0 Å². The summed E-state index contributed by atoms with van der Waals surface area (Å²) in [5, 5.41) is 5.79. The molecule has 0 radical (unpaired) electrons. The van der Waals surface area contributed by atoms with E-state index in [2.05, 4.69) is 10.3 Å². The molecule has 0 aliphatic rings. The third-order valence-corrected chi connectivity index (χ3v) is 7.25. The molecule has 1 unspecified atom stereocenters. The predicted molar refractivity (Wildman–Crippen MR) is 153 cm³/mol. The zero-order valence-electron chi connectivity index (χ0n) is 21.4. The summed E-state index contributed by atoms with van der Waals surface area (Å²) in [5.74, 6) is 0.0647. The first-order valence-electron chi connectivity index (χ1n) is 12.6. The van der Waals surface area contributed by atoms with Crippen LogP contribution < -0.4 is 5.32 Å². The third kappa shape index (κ3) is 5.41. The number of aryl methyl sites for hydroxylation is 1. The highest BCUT2D eigenvalue weighted by Gasteiger charge is 2.23. The minimum Gasteiger partial charge on any atom is -0.349 e. The molecule has 5 aromatic rings. The summed E-state index contributed by atoms with van der Waals surface area (Å²) in [4.78, 5) is 32.8. The molecule has 7 heteroatoms. The highest BCUT2D eigenvalue weighted by Crippen LogP contribution is 2.20. The summed E-state index contributed by atoms with van der Waals surface area (Å²) in [6, 6.07) is 28.9. The van der Waals surface area contributed by atoms with Crippen molar-refractivity contribution in [3.63, 3.8) is 0 Å². The van der Waals surface area contributed by atoms with Gasteiger partial charge in [-0.05, 0) is 65.6 Å². The van der Waals surface area contributed by atoms with Gasteiger partial charge in [0, 0.05) is 37.3 Å². The number of benzene rings is 4. The van der Waals surface area contributed by atoms with Gasteiger partial charge < -0.3 is 14.8 Å². The van der Waals surface area contributed by atoms with Crippen LogP contribution in [-0.2, 0) is 13.5 Å². The van der Waals surface area contributed by atoms with Crippen LogP contribution in [0.5, 0.6) is 0 Å². The number of rotatable bonds is 8. The van der Waals surface area contributed by atoms with Gasteiger partial charge in [-0.3, -0.25) is 9.59 Å². The van der Waals surface area contributed by atoms with Crippen molar-refractivity contribution in [2.75, 3.05) is 13.6 Å². The van der Waals surface area contributed by atoms with Gasteiger partial charge >= 0.3 is 0 Å². The Hall–Kier alpha value is -4.16. The van der Waals surface area contributed by atoms with Crippen molar-refractivity contribution in [2.45, 2.75) is 18.9 Å². The minimum atomic E-state index is -0.238. The SMILES string of the molecule is CN(C(=O)c1ccc2ccccc2c1)C(CCNC(=O)c1nc2ccccc2n1C)Cc1ccc(Cl)cc1. The van der Waals surface area contributed by atoms with Gasteiger partial charge in [-0.1, -0.05) is 66.2 Å². The van der Waals surface area contributed by atoms with E-state index in [1.165, 1.54) is 0 Å². The number of likely N-dealkylation sites (N-methyl/N-ethyl adjacent to an activating group) is 1. The average molecular weight is 525 g/mol. The quantitative estimate of drug-likeness (QED) is 0.275. The van der Waals surface area contributed by atoms with Crippen molar-refractivity contribution in [1.29, 1.82) is 0 Å². The first kappa shape index (κ1) is 25.5. The molecule has 0 aliphatic carbocycles. The first-order valence-corrected chi connectivity index (χ1v) is 13.0. The fourth-order valence-electron chi connectivity index (χ4n) is 4.80. The van der Waals surface area contributed by atoms with E-state index in [-0.39, 0.29) is 17.9 Å². The van der Waals surface area contributed by atoms with E-state index in [1.807, 2.05) is 105 Å². The molecule has 0 fully saturated rings. The molecule has 192 valence electrons. The lowest BCUT2D eigenvalue weighted by atomic mass is 10.0. The number of halogens is 1. The molecular weight excluding hydrogens is 496 g/mol. The normalized spacial score (nSPS) is 12.0. The van der Waals surface area contributed by atoms with E-state index in [0.717, 1.165) is 27.4 Å². The topological polar surface area (TPSA) is 67.2 Å². The first-order chi connectivity index (χ1) is 18.4. The van der Waals surface area contributed by atoms with Crippen LogP contribution in [0.3, 0.4) is 0 Å². The molecule has 0 saturated heterocycles. The molecule has 2 amide bonds. The number of carbonyl (C=O) groups is 2. The molecule has 1 heterocycles. The second-order valence-corrected chi connectivity index (χ2v) is 9.93. The third-order valence-electron chi connectivity index (χ3n) is 7.00. The van der Waals surface area contributed by atoms with Crippen molar-refractivity contribution in [2.24, 2.45) is 7.05 Å². The maximum absolute atomic E-state index is 13.5. The lowest BCUT2D eigenvalue weighted by molar-refractivity contribution is 0.0723. The lowest BCUT2D eigenvalue weighted by Crippen LogP contribution is -2.41. The summed E-state index contributed by atoms with van der Waals surface area (Å²) >= 11 is 6.09. The number of fused-ring (bicyclic) bond motifs is 2. The van der Waals surface area contributed by atoms with E-state index in [1.54, 1.807) is 9.47 Å². The van der Waals surface area contributed by atoms with Crippen LogP contribution in [0.2, 0.25) is 5.02 Å². The van der Waals surface area contributed by atoms with Gasteiger partial charge in [-0.2, -0.15) is 0 Å². The van der Waals surface area contributed by atoms with Crippen LogP contribution in [-0.4, -0.2) is 45.9 Å². The molecule has 0 saturated carbocycles. The van der Waals surface area contributed by atoms with Crippen molar-refractivity contribution in [1.82, 2.24) is 19.8 Å². The zero-order valence-corrected chi connectivity index (χ0v) is 22.2. The predicted octanol–water partition coefficient (Wildman–Crippen LogP) is 5.88. The molecule has 0 aliphatic heterocycles. The smallest absolute Gasteiger partial charge is 0.287 e. The van der Waals surface area contributed by atoms with Gasteiger partial charge in [-0.15, -0.1) is 0 Å². The number of nitrogens with one attached hydrogen (secondary N) is 1. The Kier molecular flexibility index (Phi) is 7.43. The van der Waals surface area contributed by atoms with Crippen molar-refractivity contribution >= 4 is 45.2 Å². The average Bonchev–Trinajstić information content (AvgIpc) is 3.29. The number of para-hydroxylation sites is 2. The molecule has 1 atom stereocenters. The Bertz CT molecular complexity index is 1610. The molecule has 6 nitrogen and oxygen atoms in total. The van der Waals surface area contributed by atoms with Gasteiger partial charge in [-0.25, -0.2) is 4.98 Å². The number of imidazole rings is 1. The molecule has 38 heavy (non-hydrogen) atoms. The van der Waals surface area contributed by atoms with Crippen molar-refractivity contribution in [3.05, 3.63) is 113 Å². The standard InChI is InChI=1S/C31H29ClN4O2/c1-35(31(38)24-14-13-22-7-3-4-8-23(22)20-24)26(19-21-11-15-25(32)16-12-21)17-18-33-30(37)29-34-27-9-5-6-10-28(27)36(29)2/h3-16,20,26H,17-19H2,1-2H3,(H,33,37). The highest BCUT2D eigenvalue weighted by molar-refractivity contribution is 6.30. The summed E-state index contributed by atoms with van der Waals surface area (Å²) < 4.78 is 1.80. The van der Waals surface area contributed by atoms with Gasteiger partial charge in [0.25, 0.3) is 11.8 Å². The van der Waals surface area contributed by atoms with Gasteiger partial charge in [0.15, 0.2) is 5.82 Å². The summed E-state index contributed by atoms with van der Waals surface area (Å²) in [6.45, 7) is 0.398. The van der Waals surface area contributed by atoms with E-state index in [9.17, 15) is 9.59 Å². The van der Waals surface area contributed by atoms with Crippen LogP contribution in [0.15, 0.2) is 91.0 Å². The van der Waals surface area contributed by atoms with Crippen LogP contribution in [0.25, 0.3) is 21.8 Å². The van der Waals surface area contributed by atoms with E-state index < -0.39 is 0 Å². The van der Waals surface area contributed by atoms with E-state index in [0.29, 0.717) is 35.8 Å². The number of amides is 2. The maximum Gasteiger partial charge on any atom is 0.287 e. The van der Waals surface area contributed by atoms with Crippen molar-refractivity contribution in [3.8, 4) is 0 Å². The van der Waals surface area contributed by atoms with Gasteiger partial charge in [0.2, 0.25) is 0 Å². The van der Waals surface area contributed by atoms with Crippen LogP contribution in [0.1, 0.15) is 33.0 Å². The van der Waals surface area contributed by atoms with Crippen LogP contribution in [0, 0.1) is 0 Å². The number of aromatic nitrogens is 2. The largest absolute Gasteiger partial charge is 0.349 e. The highest BCUT2D eigenvalue weighted by atomic mass is 35.5. The molecule has 4 aromatic carbocycles. The Labute approximate surface area is 226 Å². The van der Waals surface area contributed by atoms with Gasteiger partial charge in [0.1, 0.15) is 0 Å². The number of hydrogen-bond donors (Lipinski definition) is 1. The number of carbonyl (C=O) groups excluding carboxylic acids is 2. The molecule has 5 rings (SSSR count). The number of nitrogens with zero attached hydrogens (tertiary/aromatic N) is 3. The fraction of sp³-hybridized carbons (Fsp3) is 0.194. The second kappa shape index (κ2) is 11.1. The Morgan fingerprint density at radius 2 is 1.66 bits per heavy atom. The maximum atomic E-state index is 13.5. The summed E-state index contributed by atoms with van der Waals surface area (Å²) in [6.07, 6.45) is 1.21. The molecule has 0 spiro atoms. The molecule has 0 bridgehead atoms. The number of hydrogen-bond acceptors (Lipinski definition) is 3. The second-order valence-electron chi connectivity index (χ2n) is 9.49. The molecule has 1 N–H and O–H groups in total. The van der Waals surface area contributed by atoms with Gasteiger partial charge in [0.05, 0.1) is 11.0 Å². The zero-order chi connectivity index (χ0) is 26.6. The van der Waals surface area contributed by atoms with E-state index >= 15 is 0 Å². The Morgan fingerprint density at radius 1 is 0.947 bits per heavy atom. The lowest BCUT2D eigenvalue weighted by Gasteiger charge is -2.29.